The largest absolute Gasteiger partial charge is 0.444 e. The highest BCUT2D eigenvalue weighted by molar-refractivity contribution is 6.02. The summed E-state index contributed by atoms with van der Waals surface area (Å²) in [7, 11) is 0. The molecule has 0 aliphatic carbocycles. The smallest absolute Gasteiger partial charge is 0.414 e. The van der Waals surface area contributed by atoms with Crippen LogP contribution in [0.25, 0.3) is 0 Å². The number of halogens is 2. The molecule has 0 heterocycles. The average Bonchev–Trinajstić information content (AvgIpc) is 2.92. The fourth-order valence-corrected chi connectivity index (χ4v) is 3.65. The van der Waals surface area contributed by atoms with E-state index in [9.17, 15) is 23.2 Å². The highest BCUT2D eigenvalue weighted by Crippen LogP contribution is 2.24. The number of benzene rings is 3. The van der Waals surface area contributed by atoms with Gasteiger partial charge in [-0.15, -0.1) is 0 Å². The number of nitrogens with zero attached hydrogens (tertiary/aromatic N) is 1. The molecule has 2 N–H and O–H groups in total. The van der Waals surface area contributed by atoms with Crippen LogP contribution in [0.5, 0.6) is 5.75 Å². The molecule has 2 amide bonds. The summed E-state index contributed by atoms with van der Waals surface area (Å²) in [6, 6.07) is 16.8. The van der Waals surface area contributed by atoms with Crippen molar-refractivity contribution in [3.05, 3.63) is 95.1 Å². The maximum Gasteiger partial charge on any atom is 0.414 e. The number of ether oxygens (including phenoxy) is 3. The van der Waals surface area contributed by atoms with Crippen LogP contribution in [0.1, 0.15) is 63.0 Å². The van der Waals surface area contributed by atoms with E-state index in [0.29, 0.717) is 6.42 Å². The molecule has 0 fully saturated rings. The monoisotopic (exact) mass is 639 g/mol. The lowest BCUT2D eigenvalue weighted by molar-refractivity contribution is -0.191. The molecule has 0 saturated heterocycles. The van der Waals surface area contributed by atoms with E-state index in [4.69, 9.17) is 23.8 Å². The maximum atomic E-state index is 14.7. The quantitative estimate of drug-likeness (QED) is 0.136. The topological polar surface area (TPSA) is 149 Å². The second kappa shape index (κ2) is 16.6. The molecule has 0 aliphatic rings. The second-order valence-electron chi connectivity index (χ2n) is 11.6. The van der Waals surface area contributed by atoms with Crippen LogP contribution in [0.15, 0.2) is 71.7 Å². The minimum atomic E-state index is -0.868. The van der Waals surface area contributed by atoms with E-state index in [2.05, 4.69) is 15.6 Å². The van der Waals surface area contributed by atoms with E-state index in [0.717, 1.165) is 17.7 Å². The molecule has 0 spiro atoms. The number of esters is 1. The van der Waals surface area contributed by atoms with Crippen molar-refractivity contribution in [2.45, 2.75) is 65.6 Å². The zero-order chi connectivity index (χ0) is 34.5. The fourth-order valence-electron chi connectivity index (χ4n) is 3.65. The van der Waals surface area contributed by atoms with Gasteiger partial charge in [0.05, 0.1) is 11.3 Å². The highest BCUT2D eigenvalue weighted by atomic mass is 19.1. The minimum absolute atomic E-state index is 0.0645. The summed E-state index contributed by atoms with van der Waals surface area (Å²) < 4.78 is 45.0. The first-order chi connectivity index (χ1) is 21.5. The molecule has 0 aliphatic heterocycles. The van der Waals surface area contributed by atoms with Crippen molar-refractivity contribution < 1.29 is 47.0 Å². The lowest BCUT2D eigenvalue weighted by atomic mass is 10.0. The Hall–Kier alpha value is -5.42. The van der Waals surface area contributed by atoms with E-state index >= 15 is 0 Å². The van der Waals surface area contributed by atoms with Gasteiger partial charge in [0.15, 0.2) is 0 Å². The number of aliphatic imine (C=N–C) groups is 1. The number of amides is 2. The predicted octanol–water partition coefficient (Wildman–Crippen LogP) is 6.42. The van der Waals surface area contributed by atoms with Crippen molar-refractivity contribution in [1.29, 1.82) is 0 Å². The summed E-state index contributed by atoms with van der Waals surface area (Å²) >= 11 is 0. The van der Waals surface area contributed by atoms with Crippen LogP contribution in [0.3, 0.4) is 0 Å². The van der Waals surface area contributed by atoms with Crippen LogP contribution >= 0.6 is 0 Å². The molecule has 0 radical (unpaired) electrons. The summed E-state index contributed by atoms with van der Waals surface area (Å²) in [5.74, 6) is -3.05. The molecule has 3 aromatic carbocycles. The molecule has 0 saturated carbocycles. The molecule has 3 rings (SSSR count). The summed E-state index contributed by atoms with van der Waals surface area (Å²) in [5, 5.41) is 4.71. The van der Waals surface area contributed by atoms with E-state index in [1.165, 1.54) is 24.3 Å². The highest BCUT2D eigenvalue weighted by Gasteiger charge is 2.22. The van der Waals surface area contributed by atoms with Crippen LogP contribution in [-0.4, -0.2) is 41.5 Å². The Morgan fingerprint density at radius 1 is 0.761 bits per heavy atom. The molecule has 3 aromatic rings. The summed E-state index contributed by atoms with van der Waals surface area (Å²) in [5.41, 5.74) is -0.470. The first kappa shape index (κ1) is 36.8. The first-order valence-electron chi connectivity index (χ1n) is 13.9. The fraction of sp³-hybridized carbons (Fsp3) is 0.303. The van der Waals surface area contributed by atoms with Gasteiger partial charge in [-0.05, 0) is 84.2 Å². The lowest BCUT2D eigenvalue weighted by Gasteiger charge is -2.22. The van der Waals surface area contributed by atoms with Crippen LogP contribution in [0.4, 0.5) is 24.1 Å². The SMILES string of the molecule is CC(C)(C)OC(=O)NC(=Nc1ccc(C(=O)Oc2cc(F)c(CCc3ccccc3)c(F)c2)cc1)NC(=O)OC(C)(C)C.O=C=O. The number of rotatable bonds is 6. The van der Waals surface area contributed by atoms with E-state index in [1.54, 1.807) is 41.5 Å². The average molecular weight is 640 g/mol. The van der Waals surface area contributed by atoms with Crippen molar-refractivity contribution in [2.24, 2.45) is 4.99 Å². The minimum Gasteiger partial charge on any atom is -0.444 e. The third kappa shape index (κ3) is 13.5. The summed E-state index contributed by atoms with van der Waals surface area (Å²) in [4.78, 5) is 57.7. The molecule has 0 atom stereocenters. The van der Waals surface area contributed by atoms with E-state index in [-0.39, 0.29) is 41.1 Å². The molecule has 0 bridgehead atoms. The Balaban J connectivity index is 0.00000236. The van der Waals surface area contributed by atoms with Crippen molar-refractivity contribution in [3.63, 3.8) is 0 Å². The normalized spacial score (nSPS) is 10.7. The van der Waals surface area contributed by atoms with Crippen molar-refractivity contribution in [3.8, 4) is 5.75 Å². The molecular weight excluding hydrogens is 604 g/mol. The van der Waals surface area contributed by atoms with Gasteiger partial charge < -0.3 is 14.2 Å². The van der Waals surface area contributed by atoms with Crippen LogP contribution < -0.4 is 15.4 Å². The number of aryl methyl sites for hydroxylation is 1. The third-order valence-corrected chi connectivity index (χ3v) is 5.41. The van der Waals surface area contributed by atoms with Crippen LogP contribution in [0, 0.1) is 11.6 Å². The number of alkyl carbamates (subject to hydrolysis) is 2. The second-order valence-corrected chi connectivity index (χ2v) is 11.6. The molecule has 11 nitrogen and oxygen atoms in total. The van der Waals surface area contributed by atoms with Gasteiger partial charge >= 0.3 is 24.3 Å². The zero-order valence-corrected chi connectivity index (χ0v) is 26.2. The van der Waals surface area contributed by atoms with Crippen molar-refractivity contribution in [1.82, 2.24) is 10.6 Å². The number of hydrogen-bond acceptors (Lipinski definition) is 9. The van der Waals surface area contributed by atoms with Crippen molar-refractivity contribution >= 4 is 36.0 Å². The number of nitrogens with one attached hydrogen (secondary N) is 2. The van der Waals surface area contributed by atoms with E-state index in [1.807, 2.05) is 30.3 Å². The Labute approximate surface area is 264 Å². The Morgan fingerprint density at radius 2 is 1.24 bits per heavy atom. The number of carbonyl (C=O) groups excluding carboxylic acids is 5. The first-order valence-corrected chi connectivity index (χ1v) is 13.9. The van der Waals surface area contributed by atoms with Gasteiger partial charge in [0.25, 0.3) is 0 Å². The van der Waals surface area contributed by atoms with Gasteiger partial charge in [0, 0.05) is 17.7 Å². The summed E-state index contributed by atoms with van der Waals surface area (Å²) in [6.45, 7) is 10.0. The molecular formula is C33H35F2N3O8. The Bertz CT molecular complexity index is 1520. The Morgan fingerprint density at radius 3 is 1.70 bits per heavy atom. The van der Waals surface area contributed by atoms with Crippen LogP contribution in [-0.2, 0) is 31.9 Å². The van der Waals surface area contributed by atoms with Gasteiger partial charge in [-0.25, -0.2) is 28.2 Å². The number of hydrogen-bond donors (Lipinski definition) is 2. The van der Waals surface area contributed by atoms with Crippen molar-refractivity contribution in [2.75, 3.05) is 0 Å². The third-order valence-electron chi connectivity index (χ3n) is 5.41. The van der Waals surface area contributed by atoms with Gasteiger partial charge in [0.1, 0.15) is 28.6 Å². The molecule has 0 aromatic heterocycles. The van der Waals surface area contributed by atoms with Gasteiger partial charge in [-0.2, -0.15) is 9.59 Å². The molecule has 244 valence electrons. The molecule has 46 heavy (non-hydrogen) atoms. The molecule has 13 heteroatoms. The lowest BCUT2D eigenvalue weighted by Crippen LogP contribution is -2.47. The van der Waals surface area contributed by atoms with Gasteiger partial charge in [0.2, 0.25) is 5.96 Å². The summed E-state index contributed by atoms with van der Waals surface area (Å²) in [6.07, 6.45) is -0.891. The van der Waals surface area contributed by atoms with Crippen LogP contribution in [0.2, 0.25) is 0 Å². The standard InChI is InChI=1S/C32H35F2N3O6.CO2/c1-31(2,3)42-29(39)36-28(37-30(40)43-32(4,5)6)35-22-15-13-21(14-16-22)27(38)41-23-18-25(33)24(26(34)19-23)17-12-20-10-8-7-9-11-20;2-1-3/h7-11,13-16,18-19H,12,17H2,1-6H3,(H2,35,36,37,39,40);. The molecule has 0 unspecified atom stereocenters. The zero-order valence-electron chi connectivity index (χ0n) is 26.2. The van der Waals surface area contributed by atoms with Gasteiger partial charge in [-0.3, -0.25) is 10.6 Å². The van der Waals surface area contributed by atoms with Gasteiger partial charge in [-0.1, -0.05) is 30.3 Å². The maximum absolute atomic E-state index is 14.7. The number of carbonyl (C=O) groups is 3. The predicted molar refractivity (Wildman–Crippen MR) is 162 cm³/mol. The Kier molecular flexibility index (Phi) is 13.3. The number of guanidine groups is 1. The van der Waals surface area contributed by atoms with E-state index < -0.39 is 41.0 Å².